The monoisotopic (exact) mass is 341 g/mol. The second-order valence-corrected chi connectivity index (χ2v) is 5.96. The quantitative estimate of drug-likeness (QED) is 0.845. The molecule has 2 aromatic rings. The van der Waals surface area contributed by atoms with Gasteiger partial charge in [0.05, 0.1) is 12.6 Å². The van der Waals surface area contributed by atoms with Crippen molar-refractivity contribution in [2.24, 2.45) is 0 Å². The van der Waals surface area contributed by atoms with E-state index in [1.807, 2.05) is 18.2 Å². The maximum Gasteiger partial charge on any atom is 0.252 e. The molecule has 1 N–H and O–H groups in total. The van der Waals surface area contributed by atoms with E-state index in [0.717, 1.165) is 30.8 Å². The number of H-pyrrole nitrogens is 1. The van der Waals surface area contributed by atoms with Gasteiger partial charge in [-0.2, -0.15) is 5.10 Å². The lowest BCUT2D eigenvalue weighted by Crippen LogP contribution is -2.36. The maximum absolute atomic E-state index is 12.7. The zero-order chi connectivity index (χ0) is 17.1. The molecule has 3 heterocycles. The number of carbonyl (C=O) groups is 1. The first kappa shape index (κ1) is 15.7. The van der Waals surface area contributed by atoms with E-state index in [9.17, 15) is 4.79 Å². The first-order chi connectivity index (χ1) is 12.3. The molecular formula is C18H19N3O4. The summed E-state index contributed by atoms with van der Waals surface area (Å²) in [4.78, 5) is 14.3. The molecular weight excluding hydrogens is 322 g/mol. The molecule has 1 aromatic carbocycles. The van der Waals surface area contributed by atoms with Crippen molar-refractivity contribution in [3.8, 4) is 11.5 Å². The molecule has 2 aliphatic heterocycles. The number of amides is 1. The Kier molecular flexibility index (Phi) is 4.39. The minimum absolute atomic E-state index is 0.0552. The van der Waals surface area contributed by atoms with E-state index < -0.39 is 0 Å². The van der Waals surface area contributed by atoms with Crippen molar-refractivity contribution in [2.45, 2.75) is 18.9 Å². The van der Waals surface area contributed by atoms with Crippen molar-refractivity contribution in [3.05, 3.63) is 42.1 Å². The van der Waals surface area contributed by atoms with Gasteiger partial charge in [-0.1, -0.05) is 6.07 Å². The van der Waals surface area contributed by atoms with Crippen LogP contribution in [0, 0.1) is 0 Å². The molecule has 0 radical (unpaired) electrons. The second kappa shape index (κ2) is 6.98. The van der Waals surface area contributed by atoms with E-state index >= 15 is 0 Å². The Morgan fingerprint density at radius 3 is 3.04 bits per heavy atom. The lowest BCUT2D eigenvalue weighted by atomic mass is 10.2. The topological polar surface area (TPSA) is 76.7 Å². The number of carbonyl (C=O) groups excluding carboxylic acids is 1. The zero-order valence-corrected chi connectivity index (χ0v) is 13.7. The predicted molar refractivity (Wildman–Crippen MR) is 91.5 cm³/mol. The standard InChI is InChI=1S/C18H19N3O4/c22-18(6-4-13-3-5-15-16(10-13)25-12-24-15)21(17-7-8-19-20-17)11-14-2-1-9-23-14/h3-8,10,14H,1-2,9,11-12H2,(H,19,20)/b6-4+. The molecule has 1 amide bonds. The molecule has 130 valence electrons. The lowest BCUT2D eigenvalue weighted by molar-refractivity contribution is -0.114. The molecule has 25 heavy (non-hydrogen) atoms. The third-order valence-electron chi connectivity index (χ3n) is 4.25. The van der Waals surface area contributed by atoms with Crippen LogP contribution in [0.25, 0.3) is 6.08 Å². The normalized spacial score (nSPS) is 18.8. The van der Waals surface area contributed by atoms with Crippen LogP contribution in [0.1, 0.15) is 18.4 Å². The van der Waals surface area contributed by atoms with Crippen LogP contribution in [-0.2, 0) is 9.53 Å². The summed E-state index contributed by atoms with van der Waals surface area (Å²) in [6.07, 6.45) is 7.05. The minimum Gasteiger partial charge on any atom is -0.454 e. The number of hydrogen-bond donors (Lipinski definition) is 1. The zero-order valence-electron chi connectivity index (χ0n) is 13.7. The molecule has 1 atom stereocenters. The van der Waals surface area contributed by atoms with E-state index in [1.165, 1.54) is 0 Å². The number of nitrogens with zero attached hydrogens (tertiary/aromatic N) is 2. The maximum atomic E-state index is 12.7. The lowest BCUT2D eigenvalue weighted by Gasteiger charge is -2.22. The van der Waals surface area contributed by atoms with Crippen LogP contribution in [0.2, 0.25) is 0 Å². The molecule has 0 aliphatic carbocycles. The Labute approximate surface area is 145 Å². The number of nitrogens with one attached hydrogen (secondary N) is 1. The Balaban J connectivity index is 1.49. The number of hydrogen-bond acceptors (Lipinski definition) is 5. The van der Waals surface area contributed by atoms with Crippen molar-refractivity contribution in [1.29, 1.82) is 0 Å². The number of aromatic amines is 1. The molecule has 4 rings (SSSR count). The molecule has 7 nitrogen and oxygen atoms in total. The van der Waals surface area contributed by atoms with Gasteiger partial charge in [-0.15, -0.1) is 0 Å². The van der Waals surface area contributed by atoms with Gasteiger partial charge in [-0.25, -0.2) is 0 Å². The van der Waals surface area contributed by atoms with Crippen molar-refractivity contribution in [1.82, 2.24) is 10.2 Å². The van der Waals surface area contributed by atoms with Gasteiger partial charge in [0.2, 0.25) is 6.79 Å². The summed E-state index contributed by atoms with van der Waals surface area (Å²) in [5.74, 6) is 1.87. The number of ether oxygens (including phenoxy) is 3. The largest absolute Gasteiger partial charge is 0.454 e. The summed E-state index contributed by atoms with van der Waals surface area (Å²) in [7, 11) is 0. The van der Waals surface area contributed by atoms with E-state index in [0.29, 0.717) is 18.1 Å². The third kappa shape index (κ3) is 3.51. The van der Waals surface area contributed by atoms with Gasteiger partial charge in [0.1, 0.15) is 0 Å². The van der Waals surface area contributed by atoms with Gasteiger partial charge in [-0.3, -0.25) is 14.8 Å². The highest BCUT2D eigenvalue weighted by molar-refractivity contribution is 6.03. The summed E-state index contributed by atoms with van der Waals surface area (Å²) in [6.45, 7) is 1.48. The summed E-state index contributed by atoms with van der Waals surface area (Å²) >= 11 is 0. The highest BCUT2D eigenvalue weighted by Crippen LogP contribution is 2.32. The molecule has 1 saturated heterocycles. The fraction of sp³-hybridized carbons (Fsp3) is 0.333. The smallest absolute Gasteiger partial charge is 0.252 e. The van der Waals surface area contributed by atoms with Crippen LogP contribution in [0.15, 0.2) is 36.5 Å². The average Bonchev–Trinajstić information content (AvgIpc) is 3.39. The molecule has 1 fully saturated rings. The highest BCUT2D eigenvalue weighted by Gasteiger charge is 2.23. The summed E-state index contributed by atoms with van der Waals surface area (Å²) in [5, 5.41) is 6.89. The van der Waals surface area contributed by atoms with Gasteiger partial charge in [0, 0.05) is 24.9 Å². The summed E-state index contributed by atoms with van der Waals surface area (Å²) in [5.41, 5.74) is 0.872. The van der Waals surface area contributed by atoms with E-state index in [2.05, 4.69) is 10.2 Å². The van der Waals surface area contributed by atoms with Crippen molar-refractivity contribution in [3.63, 3.8) is 0 Å². The van der Waals surface area contributed by atoms with Crippen molar-refractivity contribution in [2.75, 3.05) is 24.8 Å². The molecule has 0 spiro atoms. The first-order valence-corrected chi connectivity index (χ1v) is 8.30. The Morgan fingerprint density at radius 2 is 2.24 bits per heavy atom. The Bertz CT molecular complexity index is 767. The van der Waals surface area contributed by atoms with Crippen LogP contribution in [0.4, 0.5) is 5.82 Å². The number of rotatable bonds is 5. The number of anilines is 1. The van der Waals surface area contributed by atoms with Crippen LogP contribution in [0.5, 0.6) is 11.5 Å². The summed E-state index contributed by atoms with van der Waals surface area (Å²) in [6, 6.07) is 7.35. The predicted octanol–water partition coefficient (Wildman–Crippen LogP) is 2.36. The van der Waals surface area contributed by atoms with E-state index in [1.54, 1.807) is 29.3 Å². The Morgan fingerprint density at radius 1 is 1.32 bits per heavy atom. The van der Waals surface area contributed by atoms with Gasteiger partial charge >= 0.3 is 0 Å². The highest BCUT2D eigenvalue weighted by atomic mass is 16.7. The van der Waals surface area contributed by atoms with Crippen LogP contribution < -0.4 is 14.4 Å². The number of aromatic nitrogens is 2. The van der Waals surface area contributed by atoms with Gasteiger partial charge in [0.25, 0.3) is 5.91 Å². The van der Waals surface area contributed by atoms with Gasteiger partial charge in [0.15, 0.2) is 17.3 Å². The van der Waals surface area contributed by atoms with Gasteiger partial charge < -0.3 is 14.2 Å². The van der Waals surface area contributed by atoms with E-state index in [-0.39, 0.29) is 18.8 Å². The third-order valence-corrected chi connectivity index (χ3v) is 4.25. The number of benzene rings is 1. The molecule has 7 heteroatoms. The average molecular weight is 341 g/mol. The first-order valence-electron chi connectivity index (χ1n) is 8.30. The number of fused-ring (bicyclic) bond motifs is 1. The van der Waals surface area contributed by atoms with Crippen LogP contribution in [0.3, 0.4) is 0 Å². The molecule has 1 unspecified atom stereocenters. The van der Waals surface area contributed by atoms with E-state index in [4.69, 9.17) is 14.2 Å². The fourth-order valence-corrected chi connectivity index (χ4v) is 2.97. The molecule has 0 saturated carbocycles. The molecule has 1 aromatic heterocycles. The van der Waals surface area contributed by atoms with Gasteiger partial charge in [-0.05, 0) is 36.6 Å². The fourth-order valence-electron chi connectivity index (χ4n) is 2.97. The molecule has 2 aliphatic rings. The van der Waals surface area contributed by atoms with Crippen LogP contribution >= 0.6 is 0 Å². The SMILES string of the molecule is O=C(/C=C/c1ccc2c(c1)OCO2)N(CC1CCCO1)c1cc[nH]n1. The summed E-state index contributed by atoms with van der Waals surface area (Å²) < 4.78 is 16.3. The molecule has 0 bridgehead atoms. The second-order valence-electron chi connectivity index (χ2n) is 5.96. The van der Waals surface area contributed by atoms with Crippen molar-refractivity contribution < 1.29 is 19.0 Å². The van der Waals surface area contributed by atoms with Crippen LogP contribution in [-0.4, -0.2) is 42.2 Å². The minimum atomic E-state index is -0.139. The Hall–Kier alpha value is -2.80. The van der Waals surface area contributed by atoms with Crippen molar-refractivity contribution >= 4 is 17.8 Å².